The molecule has 104 valence electrons. The van der Waals surface area contributed by atoms with Gasteiger partial charge in [-0.1, -0.05) is 21.1 Å². The van der Waals surface area contributed by atoms with E-state index in [-0.39, 0.29) is 17.8 Å². The number of nitrogens with zero attached hydrogens (tertiary/aromatic N) is 2. The number of benzene rings is 1. The van der Waals surface area contributed by atoms with Gasteiger partial charge in [0.2, 0.25) is 0 Å². The molecule has 0 aliphatic heterocycles. The molecule has 0 radical (unpaired) electrons. The minimum absolute atomic E-state index is 0.0441. The van der Waals surface area contributed by atoms with Crippen LogP contribution in [0.25, 0.3) is 0 Å². The van der Waals surface area contributed by atoms with Crippen LogP contribution in [0.1, 0.15) is 30.6 Å². The smallest absolute Gasteiger partial charge is 0.254 e. The van der Waals surface area contributed by atoms with Crippen molar-refractivity contribution in [1.29, 1.82) is 0 Å². The number of rotatable bonds is 5. The highest BCUT2D eigenvalue weighted by Crippen LogP contribution is 2.14. The summed E-state index contributed by atoms with van der Waals surface area (Å²) in [5.74, 6) is 0.0579. The largest absolute Gasteiger partial charge is 0.409 e. The Bertz CT molecular complexity index is 457. The Morgan fingerprint density at radius 1 is 1.42 bits per heavy atom. The van der Waals surface area contributed by atoms with Gasteiger partial charge in [0.25, 0.3) is 5.91 Å². The Morgan fingerprint density at radius 2 is 2.00 bits per heavy atom. The molecule has 3 N–H and O–H groups in total. The van der Waals surface area contributed by atoms with Crippen molar-refractivity contribution in [2.45, 2.75) is 26.3 Å². The van der Waals surface area contributed by atoms with Gasteiger partial charge >= 0.3 is 0 Å². The van der Waals surface area contributed by atoms with E-state index in [9.17, 15) is 4.79 Å². The van der Waals surface area contributed by atoms with Gasteiger partial charge in [-0.25, -0.2) is 0 Å². The third-order valence-electron chi connectivity index (χ3n) is 2.71. The molecule has 0 atom stereocenters. The van der Waals surface area contributed by atoms with Gasteiger partial charge in [-0.3, -0.25) is 4.79 Å². The monoisotopic (exact) mass is 327 g/mol. The number of hydrogen-bond donors (Lipinski definition) is 2. The van der Waals surface area contributed by atoms with E-state index in [1.165, 1.54) is 0 Å². The molecular weight excluding hydrogens is 310 g/mol. The average molecular weight is 328 g/mol. The Hall–Kier alpha value is -1.56. The summed E-state index contributed by atoms with van der Waals surface area (Å²) in [4.78, 5) is 14.1. The second kappa shape index (κ2) is 7.13. The first-order chi connectivity index (χ1) is 8.95. The normalized spacial score (nSPS) is 11.7. The number of halogens is 1. The molecule has 0 aliphatic carbocycles. The quantitative estimate of drug-likeness (QED) is 0.377. The molecule has 1 aromatic carbocycles. The second-order valence-electron chi connectivity index (χ2n) is 4.44. The van der Waals surface area contributed by atoms with Crippen LogP contribution in [0.3, 0.4) is 0 Å². The third-order valence-corrected chi connectivity index (χ3v) is 3.24. The molecule has 0 aliphatic rings. The van der Waals surface area contributed by atoms with Gasteiger partial charge in [0.05, 0.1) is 0 Å². The molecule has 0 bridgehead atoms. The second-order valence-corrected chi connectivity index (χ2v) is 5.36. The summed E-state index contributed by atoms with van der Waals surface area (Å²) in [6.07, 6.45) is 0.344. The zero-order valence-corrected chi connectivity index (χ0v) is 12.6. The minimum Gasteiger partial charge on any atom is -0.409 e. The number of amidine groups is 1. The molecule has 0 fully saturated rings. The van der Waals surface area contributed by atoms with Crippen molar-refractivity contribution in [3.05, 3.63) is 34.3 Å². The van der Waals surface area contributed by atoms with Gasteiger partial charge in [0.15, 0.2) is 0 Å². The lowest BCUT2D eigenvalue weighted by molar-refractivity contribution is 0.0711. The average Bonchev–Trinajstić information content (AvgIpc) is 2.38. The van der Waals surface area contributed by atoms with E-state index in [1.54, 1.807) is 17.0 Å². The summed E-state index contributed by atoms with van der Waals surface area (Å²) in [7, 11) is 0. The van der Waals surface area contributed by atoms with Crippen molar-refractivity contribution in [1.82, 2.24) is 4.90 Å². The predicted octanol–water partition coefficient (Wildman–Crippen LogP) is 2.44. The standard InChI is InChI=1S/C13H18BrN3O2/c1-9(2)17(8-7-12(15)16-19)13(18)10-3-5-11(14)6-4-10/h3-6,9,19H,7-8H2,1-2H3,(H2,15,16). The first-order valence-corrected chi connectivity index (χ1v) is 6.78. The highest BCUT2D eigenvalue weighted by atomic mass is 79.9. The van der Waals surface area contributed by atoms with Crippen molar-refractivity contribution in [2.24, 2.45) is 10.9 Å². The van der Waals surface area contributed by atoms with E-state index >= 15 is 0 Å². The number of carbonyl (C=O) groups excluding carboxylic acids is 1. The fourth-order valence-electron chi connectivity index (χ4n) is 1.64. The Labute approximate surface area is 121 Å². The zero-order chi connectivity index (χ0) is 14.4. The van der Waals surface area contributed by atoms with Crippen LogP contribution in [-0.4, -0.2) is 34.4 Å². The lowest BCUT2D eigenvalue weighted by atomic mass is 10.1. The zero-order valence-electron chi connectivity index (χ0n) is 11.0. The maximum absolute atomic E-state index is 12.4. The lowest BCUT2D eigenvalue weighted by Gasteiger charge is -2.26. The Balaban J connectivity index is 2.81. The maximum Gasteiger partial charge on any atom is 0.254 e. The van der Waals surface area contributed by atoms with E-state index in [2.05, 4.69) is 21.1 Å². The van der Waals surface area contributed by atoms with Crippen LogP contribution >= 0.6 is 15.9 Å². The van der Waals surface area contributed by atoms with Crippen LogP contribution in [-0.2, 0) is 0 Å². The van der Waals surface area contributed by atoms with Crippen molar-refractivity contribution in [2.75, 3.05) is 6.54 Å². The molecule has 0 spiro atoms. The van der Waals surface area contributed by atoms with E-state index in [4.69, 9.17) is 10.9 Å². The predicted molar refractivity (Wildman–Crippen MR) is 78.3 cm³/mol. The molecule has 1 aromatic rings. The van der Waals surface area contributed by atoms with Crippen LogP contribution < -0.4 is 5.73 Å². The topological polar surface area (TPSA) is 78.9 Å². The van der Waals surface area contributed by atoms with Crippen molar-refractivity contribution < 1.29 is 10.0 Å². The molecule has 0 unspecified atom stereocenters. The summed E-state index contributed by atoms with van der Waals surface area (Å²) >= 11 is 3.33. The van der Waals surface area contributed by atoms with E-state index in [0.717, 1.165) is 4.47 Å². The highest BCUT2D eigenvalue weighted by molar-refractivity contribution is 9.10. The van der Waals surface area contributed by atoms with E-state index in [0.29, 0.717) is 18.5 Å². The van der Waals surface area contributed by atoms with Crippen LogP contribution in [0.4, 0.5) is 0 Å². The first kappa shape index (κ1) is 15.5. The maximum atomic E-state index is 12.4. The molecule has 5 nitrogen and oxygen atoms in total. The van der Waals surface area contributed by atoms with Crippen LogP contribution in [0, 0.1) is 0 Å². The van der Waals surface area contributed by atoms with Crippen LogP contribution in [0.2, 0.25) is 0 Å². The Kier molecular flexibility index (Phi) is 5.82. The number of oxime groups is 1. The molecule has 0 saturated heterocycles. The SMILES string of the molecule is CC(C)N(CCC(N)=NO)C(=O)c1ccc(Br)cc1. The van der Waals surface area contributed by atoms with Crippen molar-refractivity contribution in [3.63, 3.8) is 0 Å². The number of nitrogens with two attached hydrogens (primary N) is 1. The minimum atomic E-state index is -0.0618. The number of hydrogen-bond acceptors (Lipinski definition) is 3. The molecular formula is C13H18BrN3O2. The number of carbonyl (C=O) groups is 1. The highest BCUT2D eigenvalue weighted by Gasteiger charge is 2.18. The van der Waals surface area contributed by atoms with Gasteiger partial charge in [-0.15, -0.1) is 0 Å². The fourth-order valence-corrected chi connectivity index (χ4v) is 1.90. The summed E-state index contributed by atoms with van der Waals surface area (Å²) < 4.78 is 0.928. The molecule has 0 heterocycles. The summed E-state index contributed by atoms with van der Waals surface area (Å²) in [5, 5.41) is 11.4. The molecule has 0 aromatic heterocycles. The van der Waals surface area contributed by atoms with Crippen LogP contribution in [0.5, 0.6) is 0 Å². The van der Waals surface area contributed by atoms with Crippen molar-refractivity contribution in [3.8, 4) is 0 Å². The molecule has 1 rings (SSSR count). The van der Waals surface area contributed by atoms with Gasteiger partial charge in [0.1, 0.15) is 5.84 Å². The molecule has 1 amide bonds. The summed E-state index contributed by atoms with van der Waals surface area (Å²) in [5.41, 5.74) is 6.06. The third kappa shape index (κ3) is 4.55. The van der Waals surface area contributed by atoms with Gasteiger partial charge in [0, 0.05) is 29.0 Å². The first-order valence-electron chi connectivity index (χ1n) is 5.98. The van der Waals surface area contributed by atoms with Crippen LogP contribution in [0.15, 0.2) is 33.9 Å². The lowest BCUT2D eigenvalue weighted by Crippen LogP contribution is -2.39. The van der Waals surface area contributed by atoms with E-state index in [1.807, 2.05) is 26.0 Å². The summed E-state index contributed by atoms with van der Waals surface area (Å²) in [6.45, 7) is 4.29. The van der Waals surface area contributed by atoms with Gasteiger partial charge < -0.3 is 15.8 Å². The number of amides is 1. The molecule has 6 heteroatoms. The van der Waals surface area contributed by atoms with Gasteiger partial charge in [-0.2, -0.15) is 0 Å². The Morgan fingerprint density at radius 3 is 2.47 bits per heavy atom. The van der Waals surface area contributed by atoms with E-state index < -0.39 is 0 Å². The molecule has 19 heavy (non-hydrogen) atoms. The summed E-state index contributed by atoms with van der Waals surface area (Å²) in [6, 6.07) is 7.24. The van der Waals surface area contributed by atoms with Gasteiger partial charge in [-0.05, 0) is 38.1 Å². The fraction of sp³-hybridized carbons (Fsp3) is 0.385. The van der Waals surface area contributed by atoms with Crippen molar-refractivity contribution >= 4 is 27.7 Å². The molecule has 0 saturated carbocycles.